The number of nitrogens with zero attached hydrogens (tertiary/aromatic N) is 2. The van der Waals surface area contributed by atoms with Crippen molar-refractivity contribution in [1.82, 2.24) is 4.90 Å². The maximum Gasteiger partial charge on any atom is 0.387 e. The largest absolute Gasteiger partial charge is 0.435 e. The minimum Gasteiger partial charge on any atom is -0.435 e. The van der Waals surface area contributed by atoms with E-state index in [9.17, 15) is 18.4 Å². The van der Waals surface area contributed by atoms with Crippen LogP contribution in [0.5, 0.6) is 5.75 Å². The Morgan fingerprint density at radius 3 is 2.54 bits per heavy atom. The van der Waals surface area contributed by atoms with Crippen molar-refractivity contribution < 1.29 is 23.1 Å². The number of thioether (sulfide) groups is 1. The molecule has 5 rings (SSSR count). The number of aliphatic imine (C=N–C) groups is 1. The number of hydrogen-bond donors (Lipinski definition) is 1. The minimum absolute atomic E-state index is 0.00342. The van der Waals surface area contributed by atoms with Gasteiger partial charge in [-0.1, -0.05) is 54.2 Å². The van der Waals surface area contributed by atoms with Crippen LogP contribution in [-0.2, 0) is 16.0 Å². The molecule has 2 aliphatic rings. The molecular weight excluding hydrogens is 496 g/mol. The van der Waals surface area contributed by atoms with E-state index in [-0.39, 0.29) is 30.0 Å². The number of amidine groups is 1. The second-order valence-corrected chi connectivity index (χ2v) is 9.98. The van der Waals surface area contributed by atoms with Gasteiger partial charge in [-0.2, -0.15) is 8.78 Å². The number of hydrogen-bond acceptors (Lipinski definition) is 5. The third-order valence-corrected chi connectivity index (χ3v) is 7.48. The second-order valence-electron chi connectivity index (χ2n) is 8.81. The average Bonchev–Trinajstić information content (AvgIpc) is 3.19. The van der Waals surface area contributed by atoms with Crippen LogP contribution in [0.1, 0.15) is 36.4 Å². The van der Waals surface area contributed by atoms with Gasteiger partial charge in [-0.15, -0.1) is 0 Å². The van der Waals surface area contributed by atoms with Crippen molar-refractivity contribution in [3.8, 4) is 5.75 Å². The summed E-state index contributed by atoms with van der Waals surface area (Å²) in [6, 6.07) is 23.0. The molecule has 6 nitrogen and oxygen atoms in total. The normalized spacial score (nSPS) is 20.2. The topological polar surface area (TPSA) is 71.0 Å². The van der Waals surface area contributed by atoms with Crippen LogP contribution < -0.4 is 10.1 Å². The van der Waals surface area contributed by atoms with Gasteiger partial charge in [0.15, 0.2) is 5.17 Å². The monoisotopic (exact) mass is 521 g/mol. The lowest BCUT2D eigenvalue weighted by Gasteiger charge is -2.33. The third kappa shape index (κ3) is 5.83. The molecule has 3 aromatic carbocycles. The fourth-order valence-corrected chi connectivity index (χ4v) is 5.88. The van der Waals surface area contributed by atoms with Crippen molar-refractivity contribution in [2.24, 2.45) is 4.99 Å². The Balaban J connectivity index is 1.43. The summed E-state index contributed by atoms with van der Waals surface area (Å²) in [5.41, 5.74) is 3.46. The van der Waals surface area contributed by atoms with E-state index in [1.165, 1.54) is 29.5 Å². The predicted octanol–water partition coefficient (Wildman–Crippen LogP) is 6.33. The molecular formula is C28H25F2N3O3S. The van der Waals surface area contributed by atoms with Crippen molar-refractivity contribution in [2.75, 3.05) is 5.32 Å². The molecule has 1 aliphatic carbocycles. The van der Waals surface area contributed by atoms with Gasteiger partial charge in [-0.3, -0.25) is 14.5 Å². The van der Waals surface area contributed by atoms with Crippen molar-refractivity contribution >= 4 is 40.1 Å². The smallest absolute Gasteiger partial charge is 0.387 e. The average molecular weight is 522 g/mol. The van der Waals surface area contributed by atoms with Crippen molar-refractivity contribution in [3.05, 3.63) is 90.0 Å². The lowest BCUT2D eigenvalue weighted by molar-refractivity contribution is -0.129. The maximum absolute atomic E-state index is 13.7. The molecule has 0 aromatic heterocycles. The zero-order valence-corrected chi connectivity index (χ0v) is 20.7. The van der Waals surface area contributed by atoms with Gasteiger partial charge in [-0.05, 0) is 66.8 Å². The number of benzene rings is 3. The van der Waals surface area contributed by atoms with E-state index in [1.807, 2.05) is 36.4 Å². The van der Waals surface area contributed by atoms with E-state index in [4.69, 9.17) is 4.99 Å². The Labute approximate surface area is 217 Å². The summed E-state index contributed by atoms with van der Waals surface area (Å²) in [4.78, 5) is 32.9. The summed E-state index contributed by atoms with van der Waals surface area (Å²) in [6.07, 6.45) is 2.67. The van der Waals surface area contributed by atoms with E-state index in [2.05, 4.69) is 16.1 Å². The van der Waals surface area contributed by atoms with Gasteiger partial charge in [-0.25, -0.2) is 4.99 Å². The molecule has 1 heterocycles. The van der Waals surface area contributed by atoms with Gasteiger partial charge in [0.2, 0.25) is 11.8 Å². The van der Waals surface area contributed by atoms with Gasteiger partial charge in [0, 0.05) is 12.1 Å². The van der Waals surface area contributed by atoms with Crippen LogP contribution in [0.2, 0.25) is 0 Å². The Morgan fingerprint density at radius 2 is 1.78 bits per heavy atom. The van der Waals surface area contributed by atoms with Crippen LogP contribution in [0, 0.1) is 0 Å². The fourth-order valence-electron chi connectivity index (χ4n) is 4.69. The number of ether oxygens (including phenoxy) is 1. The lowest BCUT2D eigenvalue weighted by atomic mass is 9.87. The van der Waals surface area contributed by atoms with Gasteiger partial charge < -0.3 is 10.1 Å². The SMILES string of the molecule is O=C(CC1SC(=Nc2ccc(OC(F)F)cc2)N(C2CCCc3ccccc32)C1=O)Nc1ccccc1. The molecule has 1 saturated heterocycles. The Bertz CT molecular complexity index is 1300. The molecule has 37 heavy (non-hydrogen) atoms. The summed E-state index contributed by atoms with van der Waals surface area (Å²) >= 11 is 1.26. The van der Waals surface area contributed by atoms with E-state index >= 15 is 0 Å². The zero-order valence-electron chi connectivity index (χ0n) is 19.8. The number of para-hydroxylation sites is 1. The number of nitrogens with one attached hydrogen (secondary N) is 1. The van der Waals surface area contributed by atoms with Gasteiger partial charge >= 0.3 is 6.61 Å². The standard InChI is InChI=1S/C28H25F2N3O3S/c29-27(30)36-21-15-13-20(14-16-21)32-28-33(23-12-6-8-18-7-4-5-11-22(18)23)26(35)24(37-28)17-25(34)31-19-9-2-1-3-10-19/h1-5,7,9-11,13-16,23-24,27H,6,8,12,17H2,(H,31,34). The Hall–Kier alpha value is -3.72. The van der Waals surface area contributed by atoms with Crippen molar-refractivity contribution in [1.29, 1.82) is 0 Å². The highest BCUT2D eigenvalue weighted by atomic mass is 32.2. The number of alkyl halides is 2. The van der Waals surface area contributed by atoms with E-state index in [0.717, 1.165) is 24.8 Å². The molecule has 1 fully saturated rings. The predicted molar refractivity (Wildman–Crippen MR) is 140 cm³/mol. The van der Waals surface area contributed by atoms with Crippen LogP contribution in [0.3, 0.4) is 0 Å². The Morgan fingerprint density at radius 1 is 1.05 bits per heavy atom. The van der Waals surface area contributed by atoms with Crippen LogP contribution >= 0.6 is 11.8 Å². The lowest BCUT2D eigenvalue weighted by Crippen LogP contribution is -2.38. The van der Waals surface area contributed by atoms with Crippen molar-refractivity contribution in [2.45, 2.75) is 43.6 Å². The third-order valence-electron chi connectivity index (χ3n) is 6.33. The maximum atomic E-state index is 13.7. The first-order chi connectivity index (χ1) is 18.0. The highest BCUT2D eigenvalue weighted by Gasteiger charge is 2.44. The number of amides is 2. The first-order valence-corrected chi connectivity index (χ1v) is 12.9. The summed E-state index contributed by atoms with van der Waals surface area (Å²) in [6.45, 7) is -2.91. The molecule has 0 saturated carbocycles. The molecule has 2 atom stereocenters. The molecule has 3 aromatic rings. The summed E-state index contributed by atoms with van der Waals surface area (Å²) in [7, 11) is 0. The van der Waals surface area contributed by atoms with Crippen LogP contribution in [-0.4, -0.2) is 33.7 Å². The van der Waals surface area contributed by atoms with Crippen molar-refractivity contribution in [3.63, 3.8) is 0 Å². The number of halogens is 2. The van der Waals surface area contributed by atoms with Gasteiger partial charge in [0.05, 0.1) is 11.7 Å². The number of aryl methyl sites for hydroxylation is 1. The number of rotatable bonds is 7. The van der Waals surface area contributed by atoms with Gasteiger partial charge in [0.25, 0.3) is 0 Å². The molecule has 0 radical (unpaired) electrons. The van der Waals surface area contributed by atoms with E-state index in [1.54, 1.807) is 29.2 Å². The molecule has 0 bridgehead atoms. The first kappa shape index (κ1) is 25.0. The summed E-state index contributed by atoms with van der Waals surface area (Å²) in [5.74, 6) is -0.385. The minimum atomic E-state index is -2.91. The number of anilines is 1. The molecule has 1 N–H and O–H groups in total. The quantitative estimate of drug-likeness (QED) is 0.395. The fraction of sp³-hybridized carbons (Fsp3) is 0.250. The molecule has 190 valence electrons. The highest BCUT2D eigenvalue weighted by Crippen LogP contribution is 2.42. The Kier molecular flexibility index (Phi) is 7.50. The number of carbonyl (C=O) groups is 2. The molecule has 9 heteroatoms. The molecule has 0 spiro atoms. The zero-order chi connectivity index (χ0) is 25.8. The van der Waals surface area contributed by atoms with Crippen LogP contribution in [0.15, 0.2) is 83.9 Å². The second kappa shape index (κ2) is 11.1. The summed E-state index contributed by atoms with van der Waals surface area (Å²) in [5, 5.41) is 2.71. The van der Waals surface area contributed by atoms with Gasteiger partial charge in [0.1, 0.15) is 11.0 Å². The van der Waals surface area contributed by atoms with E-state index < -0.39 is 11.9 Å². The molecule has 2 unspecified atom stereocenters. The first-order valence-electron chi connectivity index (χ1n) is 12.0. The van der Waals surface area contributed by atoms with Crippen LogP contribution in [0.4, 0.5) is 20.2 Å². The number of carbonyl (C=O) groups excluding carboxylic acids is 2. The van der Waals surface area contributed by atoms with E-state index in [0.29, 0.717) is 16.5 Å². The summed E-state index contributed by atoms with van der Waals surface area (Å²) < 4.78 is 29.5. The highest BCUT2D eigenvalue weighted by molar-refractivity contribution is 8.15. The molecule has 1 aliphatic heterocycles. The van der Waals surface area contributed by atoms with Crippen LogP contribution in [0.25, 0.3) is 0 Å². The number of fused-ring (bicyclic) bond motifs is 1. The molecule has 2 amide bonds.